The monoisotopic (exact) mass is 293 g/mol. The average Bonchev–Trinajstić information content (AvgIpc) is 2.80. The topological polar surface area (TPSA) is 52.7 Å². The molecule has 0 bridgehead atoms. The van der Waals surface area contributed by atoms with Gasteiger partial charge in [-0.25, -0.2) is 4.79 Å². The SMILES string of the molecule is O=C(CN1CCN2C(=O)NCC2C1)c1ccccc1Cl. The maximum absolute atomic E-state index is 12.3. The van der Waals surface area contributed by atoms with Crippen molar-refractivity contribution in [3.63, 3.8) is 0 Å². The van der Waals surface area contributed by atoms with Gasteiger partial charge in [-0.3, -0.25) is 9.69 Å². The Balaban J connectivity index is 1.63. The Morgan fingerprint density at radius 2 is 2.15 bits per heavy atom. The molecule has 0 spiro atoms. The number of benzene rings is 1. The second-order valence-corrected chi connectivity index (χ2v) is 5.58. The molecule has 106 valence electrons. The van der Waals surface area contributed by atoms with Crippen LogP contribution < -0.4 is 5.32 Å². The van der Waals surface area contributed by atoms with Crippen LogP contribution >= 0.6 is 11.6 Å². The highest BCUT2D eigenvalue weighted by Gasteiger charge is 2.35. The molecule has 2 amide bonds. The highest BCUT2D eigenvalue weighted by molar-refractivity contribution is 6.34. The van der Waals surface area contributed by atoms with Gasteiger partial charge in [-0.15, -0.1) is 0 Å². The lowest BCUT2D eigenvalue weighted by molar-refractivity contribution is 0.0838. The Bertz CT molecular complexity index is 549. The Labute approximate surface area is 122 Å². The Kier molecular flexibility index (Phi) is 3.63. The van der Waals surface area contributed by atoms with Crippen LogP contribution in [0.2, 0.25) is 5.02 Å². The minimum absolute atomic E-state index is 0.00656. The number of urea groups is 1. The zero-order valence-corrected chi connectivity index (χ0v) is 11.8. The first kappa shape index (κ1) is 13.4. The van der Waals surface area contributed by atoms with Crippen LogP contribution in [0.5, 0.6) is 0 Å². The van der Waals surface area contributed by atoms with Crippen molar-refractivity contribution in [1.29, 1.82) is 0 Å². The first-order valence-corrected chi connectivity index (χ1v) is 7.07. The van der Waals surface area contributed by atoms with Crippen LogP contribution in [0, 0.1) is 0 Å². The number of ketones is 1. The van der Waals surface area contributed by atoms with E-state index in [2.05, 4.69) is 10.2 Å². The van der Waals surface area contributed by atoms with Crippen LogP contribution in [0.15, 0.2) is 24.3 Å². The predicted molar refractivity (Wildman–Crippen MR) is 76.1 cm³/mol. The highest BCUT2D eigenvalue weighted by Crippen LogP contribution is 2.18. The fourth-order valence-corrected chi connectivity index (χ4v) is 3.03. The lowest BCUT2D eigenvalue weighted by Gasteiger charge is -2.36. The smallest absolute Gasteiger partial charge is 0.317 e. The number of carbonyl (C=O) groups excluding carboxylic acids is 2. The molecule has 6 heteroatoms. The van der Waals surface area contributed by atoms with Gasteiger partial charge in [-0.05, 0) is 12.1 Å². The number of halogens is 1. The summed E-state index contributed by atoms with van der Waals surface area (Å²) in [5.41, 5.74) is 0.567. The number of Topliss-reactive ketones (excluding diaryl/α,β-unsaturated/α-hetero) is 1. The second kappa shape index (κ2) is 5.42. The van der Waals surface area contributed by atoms with Crippen LogP contribution in [-0.4, -0.2) is 60.4 Å². The number of amides is 2. The van der Waals surface area contributed by atoms with Gasteiger partial charge in [-0.2, -0.15) is 0 Å². The average molecular weight is 294 g/mol. The lowest BCUT2D eigenvalue weighted by Crippen LogP contribution is -2.53. The number of hydrogen-bond donors (Lipinski definition) is 1. The summed E-state index contributed by atoms with van der Waals surface area (Å²) in [5, 5.41) is 3.32. The van der Waals surface area contributed by atoms with E-state index in [0.717, 1.165) is 13.1 Å². The zero-order valence-electron chi connectivity index (χ0n) is 11.0. The molecule has 2 heterocycles. The number of fused-ring (bicyclic) bond motifs is 1. The van der Waals surface area contributed by atoms with Gasteiger partial charge < -0.3 is 10.2 Å². The van der Waals surface area contributed by atoms with E-state index in [4.69, 9.17) is 11.6 Å². The van der Waals surface area contributed by atoms with Crippen molar-refractivity contribution in [2.45, 2.75) is 6.04 Å². The third-order valence-corrected chi connectivity index (χ3v) is 4.19. The number of piperazine rings is 1. The summed E-state index contributed by atoms with van der Waals surface area (Å²) in [6.45, 7) is 3.14. The summed E-state index contributed by atoms with van der Waals surface area (Å²) < 4.78 is 0. The first-order chi connectivity index (χ1) is 9.65. The molecule has 3 rings (SSSR count). The van der Waals surface area contributed by atoms with E-state index < -0.39 is 0 Å². The normalized spacial score (nSPS) is 22.6. The van der Waals surface area contributed by atoms with Gasteiger partial charge in [0, 0.05) is 31.7 Å². The largest absolute Gasteiger partial charge is 0.336 e. The van der Waals surface area contributed by atoms with Gasteiger partial charge in [0.25, 0.3) is 0 Å². The molecule has 0 radical (unpaired) electrons. The molecular formula is C14H16ClN3O2. The maximum atomic E-state index is 12.3. The van der Waals surface area contributed by atoms with Crippen LogP contribution in [0.4, 0.5) is 4.79 Å². The molecule has 20 heavy (non-hydrogen) atoms. The minimum Gasteiger partial charge on any atom is -0.336 e. The predicted octanol–water partition coefficient (Wildman–Crippen LogP) is 1.23. The maximum Gasteiger partial charge on any atom is 0.317 e. The van der Waals surface area contributed by atoms with Crippen molar-refractivity contribution in [2.75, 3.05) is 32.7 Å². The summed E-state index contributed by atoms with van der Waals surface area (Å²) in [7, 11) is 0. The molecular weight excluding hydrogens is 278 g/mol. The van der Waals surface area contributed by atoms with Crippen molar-refractivity contribution >= 4 is 23.4 Å². The van der Waals surface area contributed by atoms with E-state index in [1.807, 2.05) is 17.0 Å². The van der Waals surface area contributed by atoms with Crippen molar-refractivity contribution < 1.29 is 9.59 Å². The first-order valence-electron chi connectivity index (χ1n) is 6.69. The molecule has 1 N–H and O–H groups in total. The summed E-state index contributed by atoms with van der Waals surface area (Å²) in [5.74, 6) is 0.0290. The summed E-state index contributed by atoms with van der Waals surface area (Å²) in [4.78, 5) is 27.7. The van der Waals surface area contributed by atoms with Gasteiger partial charge in [0.1, 0.15) is 0 Å². The van der Waals surface area contributed by atoms with Crippen LogP contribution in [0.25, 0.3) is 0 Å². The number of nitrogens with one attached hydrogen (secondary N) is 1. The third kappa shape index (κ3) is 2.51. The summed E-state index contributed by atoms with van der Waals surface area (Å²) in [6, 6.07) is 7.29. The van der Waals surface area contributed by atoms with Crippen molar-refractivity contribution in [3.8, 4) is 0 Å². The van der Waals surface area contributed by atoms with Crippen molar-refractivity contribution in [2.24, 2.45) is 0 Å². The fraction of sp³-hybridized carbons (Fsp3) is 0.429. The van der Waals surface area contributed by atoms with E-state index in [9.17, 15) is 9.59 Å². The zero-order chi connectivity index (χ0) is 14.1. The van der Waals surface area contributed by atoms with Crippen LogP contribution in [0.3, 0.4) is 0 Å². The fourth-order valence-electron chi connectivity index (χ4n) is 2.79. The molecule has 1 atom stereocenters. The summed E-state index contributed by atoms with van der Waals surface area (Å²) in [6.07, 6.45) is 0. The van der Waals surface area contributed by atoms with Gasteiger partial charge in [0.15, 0.2) is 5.78 Å². The molecule has 1 aromatic rings. The van der Waals surface area contributed by atoms with E-state index >= 15 is 0 Å². The molecule has 5 nitrogen and oxygen atoms in total. The second-order valence-electron chi connectivity index (χ2n) is 5.17. The molecule has 0 saturated carbocycles. The number of carbonyl (C=O) groups is 2. The Morgan fingerprint density at radius 1 is 1.35 bits per heavy atom. The molecule has 1 unspecified atom stereocenters. The van der Waals surface area contributed by atoms with E-state index in [-0.39, 0.29) is 17.9 Å². The Hall–Kier alpha value is -1.59. The molecule has 0 aromatic heterocycles. The highest BCUT2D eigenvalue weighted by atomic mass is 35.5. The molecule has 0 aliphatic carbocycles. The minimum atomic E-state index is 0.00656. The van der Waals surface area contributed by atoms with Crippen molar-refractivity contribution in [1.82, 2.24) is 15.1 Å². The van der Waals surface area contributed by atoms with Gasteiger partial charge in [0.2, 0.25) is 0 Å². The summed E-state index contributed by atoms with van der Waals surface area (Å²) >= 11 is 6.04. The molecule has 2 saturated heterocycles. The van der Waals surface area contributed by atoms with Crippen LogP contribution in [-0.2, 0) is 0 Å². The number of rotatable bonds is 3. The molecule has 2 aliphatic rings. The van der Waals surface area contributed by atoms with E-state index in [0.29, 0.717) is 30.2 Å². The molecule has 1 aromatic carbocycles. The third-order valence-electron chi connectivity index (χ3n) is 3.86. The quantitative estimate of drug-likeness (QED) is 0.853. The lowest BCUT2D eigenvalue weighted by atomic mass is 10.1. The van der Waals surface area contributed by atoms with Crippen LogP contribution in [0.1, 0.15) is 10.4 Å². The van der Waals surface area contributed by atoms with E-state index in [1.54, 1.807) is 12.1 Å². The van der Waals surface area contributed by atoms with Gasteiger partial charge in [0.05, 0.1) is 17.6 Å². The Morgan fingerprint density at radius 3 is 2.95 bits per heavy atom. The van der Waals surface area contributed by atoms with Gasteiger partial charge in [-0.1, -0.05) is 23.7 Å². The van der Waals surface area contributed by atoms with Gasteiger partial charge >= 0.3 is 6.03 Å². The van der Waals surface area contributed by atoms with E-state index in [1.165, 1.54) is 0 Å². The standard InChI is InChI=1S/C14H16ClN3O2/c15-12-4-2-1-3-11(12)13(19)9-17-5-6-18-10(8-17)7-16-14(18)20/h1-4,10H,5-9H2,(H,16,20). The molecule has 2 aliphatic heterocycles. The number of hydrogen-bond acceptors (Lipinski definition) is 3. The number of nitrogens with zero attached hydrogens (tertiary/aromatic N) is 2. The van der Waals surface area contributed by atoms with Crippen molar-refractivity contribution in [3.05, 3.63) is 34.9 Å². The molecule has 2 fully saturated rings.